The summed E-state index contributed by atoms with van der Waals surface area (Å²) in [4.78, 5) is 47.5. The van der Waals surface area contributed by atoms with E-state index in [-0.39, 0.29) is 17.8 Å². The minimum absolute atomic E-state index is 0.0142. The predicted octanol–water partition coefficient (Wildman–Crippen LogP) is 2.06. The van der Waals surface area contributed by atoms with Crippen molar-refractivity contribution in [3.63, 3.8) is 0 Å². The van der Waals surface area contributed by atoms with Crippen LogP contribution >= 0.6 is 0 Å². The summed E-state index contributed by atoms with van der Waals surface area (Å²) >= 11 is 0. The molecule has 0 radical (unpaired) electrons. The van der Waals surface area contributed by atoms with Crippen molar-refractivity contribution in [1.29, 1.82) is 0 Å². The van der Waals surface area contributed by atoms with Gasteiger partial charge in [-0.25, -0.2) is 4.39 Å². The van der Waals surface area contributed by atoms with Crippen LogP contribution in [0.5, 0.6) is 0 Å². The highest BCUT2D eigenvalue weighted by Crippen LogP contribution is 2.13. The third-order valence-corrected chi connectivity index (χ3v) is 4.07. The van der Waals surface area contributed by atoms with E-state index in [2.05, 4.69) is 5.32 Å². The van der Waals surface area contributed by atoms with Crippen LogP contribution in [0.4, 0.5) is 10.1 Å². The Labute approximate surface area is 171 Å². The van der Waals surface area contributed by atoms with Crippen LogP contribution in [0.1, 0.15) is 22.8 Å². The molecule has 0 aromatic heterocycles. The maximum atomic E-state index is 13.3. The van der Waals surface area contributed by atoms with Gasteiger partial charge < -0.3 is 15.0 Å². The Balaban J connectivity index is 1.81. The number of likely N-dealkylation sites (N-methyl/N-ethyl adjacent to an activating group) is 1. The average Bonchev–Trinajstić information content (AvgIpc) is 2.74. The van der Waals surface area contributed by atoms with Crippen LogP contribution in [0.15, 0.2) is 48.5 Å². The number of nitro benzene ring substituents is 1. The van der Waals surface area contributed by atoms with E-state index in [1.54, 1.807) is 13.0 Å². The van der Waals surface area contributed by atoms with Crippen LogP contribution < -0.4 is 5.32 Å². The molecule has 2 amide bonds. The summed E-state index contributed by atoms with van der Waals surface area (Å²) in [6.07, 6.45) is 0. The number of nitrogens with one attached hydrogen (secondary N) is 1. The Hall–Kier alpha value is -3.82. The quantitative estimate of drug-likeness (QED) is 0.379. The van der Waals surface area contributed by atoms with Crippen molar-refractivity contribution in [3.05, 3.63) is 75.6 Å². The van der Waals surface area contributed by atoms with E-state index in [4.69, 9.17) is 4.74 Å². The first-order chi connectivity index (χ1) is 14.3. The second kappa shape index (κ2) is 10.6. The lowest BCUT2D eigenvalue weighted by molar-refractivity contribution is -0.384. The summed E-state index contributed by atoms with van der Waals surface area (Å²) in [5.74, 6) is -2.42. The fourth-order valence-electron chi connectivity index (χ4n) is 2.53. The smallest absolute Gasteiger partial charge is 0.325 e. The zero-order valence-electron chi connectivity index (χ0n) is 16.2. The molecule has 2 aromatic rings. The highest BCUT2D eigenvalue weighted by atomic mass is 19.1. The normalized spacial score (nSPS) is 10.2. The predicted molar refractivity (Wildman–Crippen MR) is 104 cm³/mol. The van der Waals surface area contributed by atoms with Crippen molar-refractivity contribution < 1.29 is 28.4 Å². The van der Waals surface area contributed by atoms with Gasteiger partial charge in [0.1, 0.15) is 12.4 Å². The fourth-order valence-corrected chi connectivity index (χ4v) is 2.53. The summed E-state index contributed by atoms with van der Waals surface area (Å²) in [5, 5.41) is 13.0. The molecule has 0 unspecified atom stereocenters. The summed E-state index contributed by atoms with van der Waals surface area (Å²) in [7, 11) is 0. The Morgan fingerprint density at radius 2 is 1.90 bits per heavy atom. The molecule has 0 bridgehead atoms. The maximum absolute atomic E-state index is 13.3. The summed E-state index contributed by atoms with van der Waals surface area (Å²) in [5.41, 5.74) is 0.356. The van der Waals surface area contributed by atoms with Gasteiger partial charge in [-0.2, -0.15) is 0 Å². The number of hydrogen-bond acceptors (Lipinski definition) is 6. The van der Waals surface area contributed by atoms with Crippen molar-refractivity contribution in [2.24, 2.45) is 0 Å². The van der Waals surface area contributed by atoms with E-state index < -0.39 is 41.7 Å². The van der Waals surface area contributed by atoms with Gasteiger partial charge >= 0.3 is 5.97 Å². The number of ether oxygens (including phenoxy) is 1. The van der Waals surface area contributed by atoms with Gasteiger partial charge in [-0.3, -0.25) is 24.5 Å². The largest absolute Gasteiger partial charge is 0.454 e. The molecular weight excluding hydrogens is 397 g/mol. The molecule has 0 aliphatic rings. The van der Waals surface area contributed by atoms with Crippen molar-refractivity contribution in [3.8, 4) is 0 Å². The number of hydrogen-bond donors (Lipinski definition) is 1. The molecule has 9 nitrogen and oxygen atoms in total. The molecule has 2 aromatic carbocycles. The van der Waals surface area contributed by atoms with Gasteiger partial charge in [0.2, 0.25) is 0 Å². The Kier molecular flexibility index (Phi) is 7.98. The fraction of sp³-hybridized carbons (Fsp3) is 0.250. The molecule has 1 N–H and O–H groups in total. The monoisotopic (exact) mass is 417 g/mol. The number of nitro groups is 1. The van der Waals surface area contributed by atoms with Gasteiger partial charge in [0.05, 0.1) is 4.92 Å². The Morgan fingerprint density at radius 3 is 2.57 bits per heavy atom. The maximum Gasteiger partial charge on any atom is 0.325 e. The molecule has 0 saturated carbocycles. The number of benzene rings is 2. The van der Waals surface area contributed by atoms with Crippen LogP contribution in [0.25, 0.3) is 0 Å². The molecule has 10 heteroatoms. The van der Waals surface area contributed by atoms with Crippen LogP contribution in [-0.4, -0.2) is 47.3 Å². The molecule has 0 aliphatic heterocycles. The van der Waals surface area contributed by atoms with Crippen molar-refractivity contribution in [2.45, 2.75) is 13.5 Å². The Bertz CT molecular complexity index is 950. The zero-order chi connectivity index (χ0) is 22.1. The Morgan fingerprint density at radius 1 is 1.17 bits per heavy atom. The minimum atomic E-state index is -0.844. The van der Waals surface area contributed by atoms with Gasteiger partial charge in [0.25, 0.3) is 17.5 Å². The van der Waals surface area contributed by atoms with E-state index in [1.807, 2.05) is 0 Å². The lowest BCUT2D eigenvalue weighted by Gasteiger charge is -2.21. The second-order valence-corrected chi connectivity index (χ2v) is 6.19. The summed E-state index contributed by atoms with van der Waals surface area (Å²) in [6, 6.07) is 10.8. The topological polar surface area (TPSA) is 119 Å². The van der Waals surface area contributed by atoms with Crippen LogP contribution in [0.3, 0.4) is 0 Å². The van der Waals surface area contributed by atoms with Crippen LogP contribution in [-0.2, 0) is 20.9 Å². The van der Waals surface area contributed by atoms with Crippen molar-refractivity contribution in [1.82, 2.24) is 10.2 Å². The van der Waals surface area contributed by atoms with Gasteiger partial charge in [-0.05, 0) is 30.7 Å². The first-order valence-corrected chi connectivity index (χ1v) is 9.00. The zero-order valence-corrected chi connectivity index (χ0v) is 16.2. The molecule has 0 heterocycles. The van der Waals surface area contributed by atoms with Crippen LogP contribution in [0.2, 0.25) is 0 Å². The highest BCUT2D eigenvalue weighted by Gasteiger charge is 2.16. The lowest BCUT2D eigenvalue weighted by atomic mass is 10.2. The first-order valence-electron chi connectivity index (χ1n) is 9.00. The number of carbonyl (C=O) groups is 3. The van der Waals surface area contributed by atoms with Gasteiger partial charge in [0, 0.05) is 30.8 Å². The van der Waals surface area contributed by atoms with E-state index in [9.17, 15) is 28.9 Å². The van der Waals surface area contributed by atoms with E-state index in [0.717, 1.165) is 6.07 Å². The number of halogens is 1. The number of amides is 2. The second-order valence-electron chi connectivity index (χ2n) is 6.19. The average molecular weight is 417 g/mol. The van der Waals surface area contributed by atoms with Crippen molar-refractivity contribution >= 4 is 23.5 Å². The molecule has 0 atom stereocenters. The number of rotatable bonds is 9. The molecule has 0 saturated heterocycles. The standard InChI is InChI=1S/C20H20FN3O6/c1-2-23(12-14-5-3-7-16(21)9-14)18(25)13-30-19(26)11-22-20(27)15-6-4-8-17(10-15)24(28)29/h3-10H,2,11-13H2,1H3,(H,22,27). The molecule has 0 aliphatic carbocycles. The summed E-state index contributed by atoms with van der Waals surface area (Å²) in [6.45, 7) is 1.18. The molecule has 2 rings (SSSR count). The minimum Gasteiger partial charge on any atom is -0.454 e. The number of esters is 1. The molecule has 158 valence electrons. The molecule has 0 fully saturated rings. The molecule has 30 heavy (non-hydrogen) atoms. The number of carbonyl (C=O) groups excluding carboxylic acids is 3. The number of non-ortho nitro benzene ring substituents is 1. The van der Waals surface area contributed by atoms with E-state index in [0.29, 0.717) is 12.1 Å². The highest BCUT2D eigenvalue weighted by molar-refractivity contribution is 5.96. The van der Waals surface area contributed by atoms with Gasteiger partial charge in [-0.1, -0.05) is 18.2 Å². The van der Waals surface area contributed by atoms with Crippen LogP contribution in [0, 0.1) is 15.9 Å². The van der Waals surface area contributed by atoms with Gasteiger partial charge in [-0.15, -0.1) is 0 Å². The van der Waals surface area contributed by atoms with E-state index >= 15 is 0 Å². The van der Waals surface area contributed by atoms with Gasteiger partial charge in [0.15, 0.2) is 6.61 Å². The third kappa shape index (κ3) is 6.66. The first kappa shape index (κ1) is 22.5. The van der Waals surface area contributed by atoms with E-state index in [1.165, 1.54) is 41.3 Å². The third-order valence-electron chi connectivity index (χ3n) is 4.07. The molecular formula is C20H20FN3O6. The van der Waals surface area contributed by atoms with Crippen molar-refractivity contribution in [2.75, 3.05) is 19.7 Å². The number of nitrogens with zero attached hydrogens (tertiary/aromatic N) is 2. The lowest BCUT2D eigenvalue weighted by Crippen LogP contribution is -2.36. The summed E-state index contributed by atoms with van der Waals surface area (Å²) < 4.78 is 18.1. The SMILES string of the molecule is CCN(Cc1cccc(F)c1)C(=O)COC(=O)CNC(=O)c1cccc([N+](=O)[O-])c1. The molecule has 0 spiro atoms.